The maximum absolute atomic E-state index is 12.6. The van der Waals surface area contributed by atoms with Crippen molar-refractivity contribution in [1.29, 1.82) is 0 Å². The number of hydrogen-bond acceptors (Lipinski definition) is 4. The van der Waals surface area contributed by atoms with E-state index in [2.05, 4.69) is 9.97 Å². The van der Waals surface area contributed by atoms with E-state index in [0.717, 1.165) is 20.8 Å². The Morgan fingerprint density at radius 1 is 1.48 bits per heavy atom. The van der Waals surface area contributed by atoms with Crippen molar-refractivity contribution in [2.75, 3.05) is 12.8 Å². The second-order valence-corrected chi connectivity index (χ2v) is 6.33. The van der Waals surface area contributed by atoms with E-state index in [1.54, 1.807) is 29.5 Å². The highest BCUT2D eigenvalue weighted by Crippen LogP contribution is 2.23. The average molecular weight is 300 g/mol. The third kappa shape index (κ3) is 2.62. The predicted molar refractivity (Wildman–Crippen MR) is 85.4 cm³/mol. The van der Waals surface area contributed by atoms with Crippen molar-refractivity contribution in [3.8, 4) is 0 Å². The summed E-state index contributed by atoms with van der Waals surface area (Å²) in [6.07, 6.45) is 3.55. The SMILES string of the molecule is Cc1ncc(CN(C)C(=O)c2c[nH]c3ccc(N)cc23)s1. The first-order valence-electron chi connectivity index (χ1n) is 6.58. The van der Waals surface area contributed by atoms with Gasteiger partial charge in [-0.1, -0.05) is 0 Å². The van der Waals surface area contributed by atoms with E-state index in [-0.39, 0.29) is 5.91 Å². The van der Waals surface area contributed by atoms with E-state index in [1.807, 2.05) is 31.3 Å². The van der Waals surface area contributed by atoms with Crippen LogP contribution in [0.2, 0.25) is 0 Å². The summed E-state index contributed by atoms with van der Waals surface area (Å²) in [5.41, 5.74) is 8.01. The van der Waals surface area contributed by atoms with Gasteiger partial charge >= 0.3 is 0 Å². The smallest absolute Gasteiger partial charge is 0.256 e. The lowest BCUT2D eigenvalue weighted by molar-refractivity contribution is 0.0788. The van der Waals surface area contributed by atoms with Gasteiger partial charge in [-0.2, -0.15) is 0 Å². The molecular weight excluding hydrogens is 284 g/mol. The summed E-state index contributed by atoms with van der Waals surface area (Å²) in [5.74, 6) is -0.0297. The lowest BCUT2D eigenvalue weighted by Gasteiger charge is -2.15. The minimum Gasteiger partial charge on any atom is -0.399 e. The van der Waals surface area contributed by atoms with Gasteiger partial charge in [0.25, 0.3) is 5.91 Å². The molecule has 1 amide bonds. The van der Waals surface area contributed by atoms with Gasteiger partial charge in [0.1, 0.15) is 0 Å². The molecule has 0 saturated heterocycles. The number of benzene rings is 1. The lowest BCUT2D eigenvalue weighted by Crippen LogP contribution is -2.25. The van der Waals surface area contributed by atoms with E-state index in [1.165, 1.54) is 0 Å². The van der Waals surface area contributed by atoms with Gasteiger partial charge in [0.05, 0.1) is 17.1 Å². The first-order valence-corrected chi connectivity index (χ1v) is 7.39. The molecule has 3 rings (SSSR count). The van der Waals surface area contributed by atoms with Crippen LogP contribution in [0, 0.1) is 6.92 Å². The fourth-order valence-corrected chi connectivity index (χ4v) is 3.15. The summed E-state index contributed by atoms with van der Waals surface area (Å²) >= 11 is 1.60. The van der Waals surface area contributed by atoms with Crippen LogP contribution in [0.5, 0.6) is 0 Å². The standard InChI is InChI=1S/C15H16N4OS/c1-9-17-6-11(21-9)8-19(2)15(20)13-7-18-14-4-3-10(16)5-12(13)14/h3-7,18H,8,16H2,1-2H3. The Morgan fingerprint density at radius 3 is 3.00 bits per heavy atom. The third-order valence-corrected chi connectivity index (χ3v) is 4.24. The van der Waals surface area contributed by atoms with Crippen molar-refractivity contribution >= 4 is 33.8 Å². The number of fused-ring (bicyclic) bond motifs is 1. The molecule has 0 aliphatic heterocycles. The van der Waals surface area contributed by atoms with Gasteiger partial charge < -0.3 is 15.6 Å². The number of nitrogens with one attached hydrogen (secondary N) is 1. The van der Waals surface area contributed by atoms with Gasteiger partial charge in [-0.05, 0) is 25.1 Å². The zero-order valence-electron chi connectivity index (χ0n) is 11.9. The van der Waals surface area contributed by atoms with Crippen LogP contribution in [0.25, 0.3) is 10.9 Å². The molecule has 2 heterocycles. The number of hydrogen-bond donors (Lipinski definition) is 2. The minimum atomic E-state index is -0.0297. The van der Waals surface area contributed by atoms with E-state index in [9.17, 15) is 4.79 Å². The van der Waals surface area contributed by atoms with E-state index in [4.69, 9.17) is 5.73 Å². The van der Waals surface area contributed by atoms with Gasteiger partial charge in [0.15, 0.2) is 0 Å². The quantitative estimate of drug-likeness (QED) is 0.730. The number of aromatic amines is 1. The number of carbonyl (C=O) groups excluding carboxylic acids is 1. The van der Waals surface area contributed by atoms with E-state index < -0.39 is 0 Å². The van der Waals surface area contributed by atoms with E-state index >= 15 is 0 Å². The van der Waals surface area contributed by atoms with Gasteiger partial charge in [-0.25, -0.2) is 4.98 Å². The number of thiazole rings is 1. The molecule has 3 N–H and O–H groups in total. The number of H-pyrrole nitrogens is 1. The molecule has 2 aromatic heterocycles. The highest BCUT2D eigenvalue weighted by atomic mass is 32.1. The molecule has 0 radical (unpaired) electrons. The Kier molecular flexibility index (Phi) is 3.39. The average Bonchev–Trinajstić information content (AvgIpc) is 3.04. The van der Waals surface area contributed by atoms with Crippen molar-refractivity contribution in [3.63, 3.8) is 0 Å². The molecule has 3 aromatic rings. The highest BCUT2D eigenvalue weighted by Gasteiger charge is 2.17. The maximum Gasteiger partial charge on any atom is 0.256 e. The third-order valence-electron chi connectivity index (χ3n) is 3.35. The molecule has 0 atom stereocenters. The fourth-order valence-electron chi connectivity index (χ4n) is 2.30. The van der Waals surface area contributed by atoms with Crippen LogP contribution in [0.1, 0.15) is 20.2 Å². The zero-order chi connectivity index (χ0) is 15.0. The second-order valence-electron chi connectivity index (χ2n) is 5.01. The summed E-state index contributed by atoms with van der Waals surface area (Å²) in [7, 11) is 1.79. The Morgan fingerprint density at radius 2 is 2.29 bits per heavy atom. The van der Waals surface area contributed by atoms with Gasteiger partial charge in [0, 0.05) is 40.9 Å². The number of nitrogens with two attached hydrogens (primary N) is 1. The molecule has 21 heavy (non-hydrogen) atoms. The van der Waals surface area contributed by atoms with Gasteiger partial charge in [-0.3, -0.25) is 4.79 Å². The molecule has 6 heteroatoms. The molecular formula is C15H16N4OS. The van der Waals surface area contributed by atoms with Crippen molar-refractivity contribution in [2.24, 2.45) is 0 Å². The Bertz CT molecular complexity index is 805. The number of rotatable bonds is 3. The number of anilines is 1. The number of nitrogens with zero attached hydrogens (tertiary/aromatic N) is 2. The summed E-state index contributed by atoms with van der Waals surface area (Å²) < 4.78 is 0. The van der Waals surface area contributed by atoms with Crippen molar-refractivity contribution in [2.45, 2.75) is 13.5 Å². The fraction of sp³-hybridized carbons (Fsp3) is 0.200. The molecule has 1 aromatic carbocycles. The normalized spacial score (nSPS) is 11.0. The van der Waals surface area contributed by atoms with Gasteiger partial charge in [-0.15, -0.1) is 11.3 Å². The van der Waals surface area contributed by atoms with Crippen LogP contribution < -0.4 is 5.73 Å². The molecule has 108 valence electrons. The van der Waals surface area contributed by atoms with E-state index in [0.29, 0.717) is 17.8 Å². The number of nitrogen functional groups attached to an aromatic ring is 1. The van der Waals surface area contributed by atoms with Crippen molar-refractivity contribution in [1.82, 2.24) is 14.9 Å². The molecule has 0 saturated carbocycles. The Balaban J connectivity index is 1.87. The van der Waals surface area contributed by atoms with Crippen molar-refractivity contribution in [3.05, 3.63) is 46.0 Å². The lowest BCUT2D eigenvalue weighted by atomic mass is 10.1. The molecule has 5 nitrogen and oxygen atoms in total. The second kappa shape index (κ2) is 5.21. The van der Waals surface area contributed by atoms with Crippen LogP contribution in [-0.2, 0) is 6.54 Å². The molecule has 0 aliphatic carbocycles. The van der Waals surface area contributed by atoms with Crippen LogP contribution >= 0.6 is 11.3 Å². The Hall–Kier alpha value is -2.34. The molecule has 0 spiro atoms. The van der Waals surface area contributed by atoms with Crippen LogP contribution in [0.15, 0.2) is 30.6 Å². The number of aryl methyl sites for hydroxylation is 1. The zero-order valence-corrected chi connectivity index (χ0v) is 12.7. The van der Waals surface area contributed by atoms with Crippen molar-refractivity contribution < 1.29 is 4.79 Å². The van der Waals surface area contributed by atoms with Crippen LogP contribution in [0.4, 0.5) is 5.69 Å². The molecule has 0 bridgehead atoms. The molecule has 0 unspecified atom stereocenters. The largest absolute Gasteiger partial charge is 0.399 e. The Labute approximate surface area is 126 Å². The monoisotopic (exact) mass is 300 g/mol. The summed E-state index contributed by atoms with van der Waals surface area (Å²) in [6.45, 7) is 2.51. The number of carbonyl (C=O) groups is 1. The highest BCUT2D eigenvalue weighted by molar-refractivity contribution is 7.11. The topological polar surface area (TPSA) is 75.0 Å². The minimum absolute atomic E-state index is 0.0297. The molecule has 0 aliphatic rings. The predicted octanol–water partition coefficient (Wildman–Crippen LogP) is 2.79. The first-order chi connectivity index (χ1) is 10.0. The molecule has 0 fully saturated rings. The summed E-state index contributed by atoms with van der Waals surface area (Å²) in [4.78, 5) is 22.7. The first kappa shape index (κ1) is 13.6. The number of amides is 1. The van der Waals surface area contributed by atoms with Gasteiger partial charge in [0.2, 0.25) is 0 Å². The van der Waals surface area contributed by atoms with Crippen LogP contribution in [0.3, 0.4) is 0 Å². The maximum atomic E-state index is 12.6. The van der Waals surface area contributed by atoms with Crippen LogP contribution in [-0.4, -0.2) is 27.8 Å². The summed E-state index contributed by atoms with van der Waals surface area (Å²) in [5, 5.41) is 1.86. The summed E-state index contributed by atoms with van der Waals surface area (Å²) in [6, 6.07) is 5.52. The number of aromatic nitrogens is 2.